The summed E-state index contributed by atoms with van der Waals surface area (Å²) in [5.74, 6) is 0.699. The lowest BCUT2D eigenvalue weighted by atomic mass is 9.83. The second-order valence-corrected chi connectivity index (χ2v) is 8.30. The SMILES string of the molecule is Cc1c(C#N)ccnc1O[C@]1(C(=O)c2ccsc2-c2ncccn2)CC[C@@H](C)NC1. The van der Waals surface area contributed by atoms with Crippen molar-refractivity contribution < 1.29 is 9.53 Å². The van der Waals surface area contributed by atoms with Crippen molar-refractivity contribution in [3.63, 3.8) is 0 Å². The van der Waals surface area contributed by atoms with Crippen LogP contribution in [0.25, 0.3) is 10.7 Å². The van der Waals surface area contributed by atoms with Crippen LogP contribution in [0.3, 0.4) is 0 Å². The summed E-state index contributed by atoms with van der Waals surface area (Å²) < 4.78 is 6.33. The van der Waals surface area contributed by atoms with Crippen LogP contribution in [0.2, 0.25) is 0 Å². The number of thiophene rings is 1. The van der Waals surface area contributed by atoms with E-state index in [4.69, 9.17) is 4.74 Å². The van der Waals surface area contributed by atoms with Crippen LogP contribution in [0.15, 0.2) is 42.2 Å². The van der Waals surface area contributed by atoms with Gasteiger partial charge in [-0.3, -0.25) is 4.79 Å². The highest BCUT2D eigenvalue weighted by atomic mass is 32.1. The lowest BCUT2D eigenvalue weighted by Crippen LogP contribution is -2.58. The van der Waals surface area contributed by atoms with E-state index in [1.807, 2.05) is 5.38 Å². The third kappa shape index (κ3) is 3.70. The van der Waals surface area contributed by atoms with Crippen LogP contribution in [-0.2, 0) is 0 Å². The molecule has 7 nitrogen and oxygen atoms in total. The molecule has 1 N–H and O–H groups in total. The quantitative estimate of drug-likeness (QED) is 0.631. The molecule has 8 heteroatoms. The van der Waals surface area contributed by atoms with Crippen LogP contribution in [0, 0.1) is 18.3 Å². The number of Topliss-reactive ketones (excluding diaryl/α,β-unsaturated/α-hetero) is 1. The zero-order valence-electron chi connectivity index (χ0n) is 16.8. The number of ether oxygens (including phenoxy) is 1. The van der Waals surface area contributed by atoms with E-state index in [-0.39, 0.29) is 11.8 Å². The van der Waals surface area contributed by atoms with Gasteiger partial charge in [0.1, 0.15) is 0 Å². The van der Waals surface area contributed by atoms with E-state index in [0.717, 1.165) is 11.3 Å². The fourth-order valence-corrected chi connectivity index (χ4v) is 4.39. The largest absolute Gasteiger partial charge is 0.461 e. The Morgan fingerprint density at radius 3 is 2.80 bits per heavy atom. The molecule has 2 atom stereocenters. The number of ketones is 1. The Bertz CT molecular complexity index is 1100. The van der Waals surface area contributed by atoms with Crippen molar-refractivity contribution in [1.29, 1.82) is 5.26 Å². The lowest BCUT2D eigenvalue weighted by Gasteiger charge is -2.38. The number of nitrogens with one attached hydrogen (secondary N) is 1. The zero-order valence-corrected chi connectivity index (χ0v) is 17.6. The first-order valence-corrected chi connectivity index (χ1v) is 10.6. The van der Waals surface area contributed by atoms with Gasteiger partial charge in [0, 0.05) is 42.3 Å². The first-order chi connectivity index (χ1) is 14.5. The molecule has 152 valence electrons. The minimum absolute atomic E-state index is 0.130. The van der Waals surface area contributed by atoms with Gasteiger partial charge in [-0.05, 0) is 50.3 Å². The molecule has 0 spiro atoms. The first kappa shape index (κ1) is 20.1. The maximum atomic E-state index is 13.8. The average Bonchev–Trinajstić information content (AvgIpc) is 3.27. The molecule has 0 aliphatic carbocycles. The molecule has 30 heavy (non-hydrogen) atoms. The monoisotopic (exact) mass is 419 g/mol. The van der Waals surface area contributed by atoms with Gasteiger partial charge in [-0.1, -0.05) is 0 Å². The maximum absolute atomic E-state index is 13.8. The molecular weight excluding hydrogens is 398 g/mol. The summed E-state index contributed by atoms with van der Waals surface area (Å²) in [6.07, 6.45) is 6.18. The van der Waals surface area contributed by atoms with E-state index in [9.17, 15) is 10.1 Å². The van der Waals surface area contributed by atoms with Gasteiger partial charge in [0.2, 0.25) is 11.7 Å². The standard InChI is InChI=1S/C22H21N5O2S/c1-14-4-7-22(13-27-14,29-21-15(2)16(12-23)5-10-26-21)19(28)17-6-11-30-18(17)20-24-8-3-9-25-20/h3,5-6,8-11,14,27H,4,7,13H2,1-2H3/t14-,22-/m1/s1. The molecule has 4 rings (SSSR count). The summed E-state index contributed by atoms with van der Waals surface area (Å²) in [7, 11) is 0. The molecule has 3 aromatic heterocycles. The van der Waals surface area contributed by atoms with E-state index < -0.39 is 5.60 Å². The number of pyridine rings is 1. The van der Waals surface area contributed by atoms with Crippen LogP contribution >= 0.6 is 11.3 Å². The van der Waals surface area contributed by atoms with Gasteiger partial charge in [-0.25, -0.2) is 15.0 Å². The van der Waals surface area contributed by atoms with E-state index in [1.165, 1.54) is 17.5 Å². The van der Waals surface area contributed by atoms with E-state index in [1.54, 1.807) is 37.5 Å². The number of rotatable bonds is 5. The Morgan fingerprint density at radius 2 is 2.10 bits per heavy atom. The summed E-state index contributed by atoms with van der Waals surface area (Å²) in [6.45, 7) is 4.23. The van der Waals surface area contributed by atoms with Crippen molar-refractivity contribution in [3.05, 3.63) is 58.9 Å². The number of carbonyl (C=O) groups excluding carboxylic acids is 1. The third-order valence-corrected chi connectivity index (χ3v) is 6.29. The minimum atomic E-state index is -1.12. The number of piperidine rings is 1. The molecule has 0 saturated carbocycles. The Labute approximate surface area is 178 Å². The topological polar surface area (TPSA) is 101 Å². The Morgan fingerprint density at radius 1 is 1.30 bits per heavy atom. The molecule has 1 saturated heterocycles. The Kier molecular flexibility index (Phi) is 5.57. The molecular formula is C22H21N5O2S. The van der Waals surface area contributed by atoms with Gasteiger partial charge in [-0.2, -0.15) is 5.26 Å². The predicted octanol–water partition coefficient (Wildman–Crippen LogP) is 3.55. The molecule has 0 unspecified atom stereocenters. The first-order valence-electron chi connectivity index (χ1n) is 9.72. The summed E-state index contributed by atoms with van der Waals surface area (Å²) in [5.41, 5.74) is 0.524. The van der Waals surface area contributed by atoms with Crippen molar-refractivity contribution in [2.24, 2.45) is 0 Å². The summed E-state index contributed by atoms with van der Waals surface area (Å²) in [5, 5.41) is 14.6. The molecule has 0 amide bonds. The Balaban J connectivity index is 1.75. The second kappa shape index (κ2) is 8.30. The molecule has 3 aromatic rings. The molecule has 0 aromatic carbocycles. The van der Waals surface area contributed by atoms with Crippen LogP contribution in [0.5, 0.6) is 5.88 Å². The maximum Gasteiger partial charge on any atom is 0.218 e. The number of aromatic nitrogens is 3. The summed E-state index contributed by atoms with van der Waals surface area (Å²) in [6, 6.07) is 7.61. The second-order valence-electron chi connectivity index (χ2n) is 7.38. The summed E-state index contributed by atoms with van der Waals surface area (Å²) >= 11 is 1.43. The number of nitriles is 1. The van der Waals surface area contributed by atoms with Gasteiger partial charge in [0.15, 0.2) is 11.4 Å². The molecule has 1 fully saturated rings. The normalized spacial score (nSPS) is 21.0. The van der Waals surface area contributed by atoms with Crippen molar-refractivity contribution in [3.8, 4) is 22.7 Å². The highest BCUT2D eigenvalue weighted by molar-refractivity contribution is 7.14. The smallest absolute Gasteiger partial charge is 0.218 e. The fraction of sp³-hybridized carbons (Fsp3) is 0.318. The molecule has 0 bridgehead atoms. The number of hydrogen-bond acceptors (Lipinski definition) is 8. The van der Waals surface area contributed by atoms with Gasteiger partial charge >= 0.3 is 0 Å². The highest BCUT2D eigenvalue weighted by Gasteiger charge is 2.45. The number of nitrogens with zero attached hydrogens (tertiary/aromatic N) is 4. The van der Waals surface area contributed by atoms with Gasteiger partial charge in [-0.15, -0.1) is 11.3 Å². The molecule has 0 radical (unpaired) electrons. The van der Waals surface area contributed by atoms with Crippen molar-refractivity contribution in [1.82, 2.24) is 20.3 Å². The Hall–Kier alpha value is -3.15. The van der Waals surface area contributed by atoms with E-state index >= 15 is 0 Å². The minimum Gasteiger partial charge on any atom is -0.461 e. The average molecular weight is 420 g/mol. The van der Waals surface area contributed by atoms with Crippen LogP contribution in [-0.4, -0.2) is 38.9 Å². The molecule has 1 aliphatic rings. The van der Waals surface area contributed by atoms with Gasteiger partial charge in [0.05, 0.1) is 16.5 Å². The van der Waals surface area contributed by atoms with Crippen LogP contribution in [0.1, 0.15) is 41.3 Å². The van der Waals surface area contributed by atoms with Crippen LogP contribution < -0.4 is 10.1 Å². The van der Waals surface area contributed by atoms with Crippen molar-refractivity contribution in [2.45, 2.75) is 38.3 Å². The molecule has 4 heterocycles. The van der Waals surface area contributed by atoms with E-state index in [2.05, 4.69) is 33.3 Å². The zero-order chi connectivity index (χ0) is 21.1. The fourth-order valence-electron chi connectivity index (χ4n) is 3.56. The van der Waals surface area contributed by atoms with Crippen molar-refractivity contribution >= 4 is 17.1 Å². The van der Waals surface area contributed by atoms with Crippen LogP contribution in [0.4, 0.5) is 0 Å². The van der Waals surface area contributed by atoms with Gasteiger partial charge < -0.3 is 10.1 Å². The highest BCUT2D eigenvalue weighted by Crippen LogP contribution is 2.35. The number of carbonyl (C=O) groups is 1. The van der Waals surface area contributed by atoms with E-state index in [0.29, 0.717) is 41.4 Å². The van der Waals surface area contributed by atoms with Gasteiger partial charge in [0.25, 0.3) is 0 Å². The lowest BCUT2D eigenvalue weighted by molar-refractivity contribution is 0.0262. The predicted molar refractivity (Wildman–Crippen MR) is 113 cm³/mol. The molecule has 1 aliphatic heterocycles. The number of hydrogen-bond donors (Lipinski definition) is 1. The van der Waals surface area contributed by atoms with Crippen molar-refractivity contribution in [2.75, 3.05) is 6.54 Å². The third-order valence-electron chi connectivity index (χ3n) is 5.38. The summed E-state index contributed by atoms with van der Waals surface area (Å²) in [4.78, 5) is 27.5.